The highest BCUT2D eigenvalue weighted by molar-refractivity contribution is 6.65. The molecule has 0 bridgehead atoms. The van der Waals surface area contributed by atoms with Gasteiger partial charge < -0.3 is 13.4 Å². The summed E-state index contributed by atoms with van der Waals surface area (Å²) in [6, 6.07) is 1.11. The molecule has 0 N–H and O–H groups in total. The minimum atomic E-state index is -2.09. The van der Waals surface area contributed by atoms with Gasteiger partial charge in [-0.25, -0.2) is 0 Å². The first kappa shape index (κ1) is 16.7. The van der Waals surface area contributed by atoms with Crippen molar-refractivity contribution >= 4 is 8.72 Å². The van der Waals surface area contributed by atoms with Crippen molar-refractivity contribution in [3.05, 3.63) is 12.3 Å². The lowest BCUT2D eigenvalue weighted by Gasteiger charge is -2.33. The molecule has 112 valence electrons. The first-order chi connectivity index (χ1) is 9.29. The van der Waals surface area contributed by atoms with Crippen molar-refractivity contribution in [3.8, 4) is 0 Å². The van der Waals surface area contributed by atoms with Crippen LogP contribution in [0.5, 0.6) is 0 Å². The van der Waals surface area contributed by atoms with Crippen molar-refractivity contribution in [3.63, 3.8) is 0 Å². The quantitative estimate of drug-likeness (QED) is 0.444. The van der Waals surface area contributed by atoms with Crippen LogP contribution in [-0.2, 0) is 8.85 Å². The monoisotopic (exact) mass is 285 g/mol. The summed E-state index contributed by atoms with van der Waals surface area (Å²) in [7, 11) is -2.09. The van der Waals surface area contributed by atoms with E-state index in [9.17, 15) is 0 Å². The highest BCUT2D eigenvalue weighted by atomic mass is 28.4. The third kappa shape index (κ3) is 5.28. The van der Waals surface area contributed by atoms with Crippen LogP contribution in [-0.4, -0.2) is 33.0 Å². The van der Waals surface area contributed by atoms with Gasteiger partial charge in [-0.2, -0.15) is 0 Å². The molecule has 1 aliphatic rings. The molecule has 0 spiro atoms. The fraction of sp³-hybridized carbons (Fsp3) is 0.867. The van der Waals surface area contributed by atoms with E-state index >= 15 is 0 Å². The minimum absolute atomic E-state index is 0.757. The molecule has 1 heterocycles. The van der Waals surface area contributed by atoms with Gasteiger partial charge in [-0.15, -0.1) is 0 Å². The Morgan fingerprint density at radius 2 is 1.79 bits per heavy atom. The molecule has 0 radical (unpaired) electrons. The van der Waals surface area contributed by atoms with Crippen LogP contribution in [0.25, 0.3) is 0 Å². The Hall–Kier alpha value is -0.323. The molecule has 0 amide bonds. The number of allylic oxidation sites excluding steroid dienone is 1. The van der Waals surface area contributed by atoms with Gasteiger partial charge in [0.2, 0.25) is 0 Å². The maximum Gasteiger partial charge on any atom is 0.459 e. The van der Waals surface area contributed by atoms with Gasteiger partial charge in [0, 0.05) is 25.8 Å². The van der Waals surface area contributed by atoms with Crippen molar-refractivity contribution in [2.24, 2.45) is 0 Å². The Kier molecular flexibility index (Phi) is 8.42. The second kappa shape index (κ2) is 9.56. The topological polar surface area (TPSA) is 21.7 Å². The Labute approximate surface area is 120 Å². The normalized spacial score (nSPS) is 18.6. The van der Waals surface area contributed by atoms with E-state index in [2.05, 4.69) is 37.6 Å². The largest absolute Gasteiger partial charge is 0.459 e. The molecule has 0 atom stereocenters. The van der Waals surface area contributed by atoms with Gasteiger partial charge in [0.1, 0.15) is 0 Å². The van der Waals surface area contributed by atoms with Crippen LogP contribution >= 0.6 is 0 Å². The van der Waals surface area contributed by atoms with E-state index in [1.165, 1.54) is 38.5 Å². The minimum Gasteiger partial charge on any atom is -0.379 e. The van der Waals surface area contributed by atoms with E-state index in [0.29, 0.717) is 0 Å². The smallest absolute Gasteiger partial charge is 0.379 e. The molecule has 1 aliphatic heterocycles. The van der Waals surface area contributed by atoms with Crippen LogP contribution in [0.15, 0.2) is 12.3 Å². The summed E-state index contributed by atoms with van der Waals surface area (Å²) in [4.78, 5) is 0. The van der Waals surface area contributed by atoms with Crippen LogP contribution in [0.4, 0.5) is 0 Å². The lowest BCUT2D eigenvalue weighted by molar-refractivity contribution is 0.151. The number of hydrogen-bond donors (Lipinski definition) is 0. The highest BCUT2D eigenvalue weighted by Gasteiger charge is 2.47. The van der Waals surface area contributed by atoms with Gasteiger partial charge in [-0.1, -0.05) is 32.3 Å². The molecule has 1 saturated heterocycles. The summed E-state index contributed by atoms with van der Waals surface area (Å²) >= 11 is 0. The van der Waals surface area contributed by atoms with Crippen molar-refractivity contribution < 1.29 is 8.85 Å². The van der Waals surface area contributed by atoms with E-state index < -0.39 is 8.72 Å². The molecule has 1 rings (SSSR count). The molecule has 0 aliphatic carbocycles. The van der Waals surface area contributed by atoms with Crippen LogP contribution < -0.4 is 0 Å². The predicted octanol–water partition coefficient (Wildman–Crippen LogP) is 4.19. The van der Waals surface area contributed by atoms with Gasteiger partial charge in [-0.3, -0.25) is 0 Å². The number of nitrogens with zero attached hydrogens (tertiary/aromatic N) is 1. The first-order valence-corrected chi connectivity index (χ1v) is 9.97. The molecule has 0 unspecified atom stereocenters. The van der Waals surface area contributed by atoms with Gasteiger partial charge in [0.15, 0.2) is 0 Å². The predicted molar refractivity (Wildman–Crippen MR) is 83.0 cm³/mol. The summed E-state index contributed by atoms with van der Waals surface area (Å²) in [6.07, 6.45) is 12.2. The Balaban J connectivity index is 2.42. The fourth-order valence-electron chi connectivity index (χ4n) is 2.67. The van der Waals surface area contributed by atoms with Crippen molar-refractivity contribution in [1.82, 2.24) is 4.57 Å². The molecule has 1 fully saturated rings. The van der Waals surface area contributed by atoms with E-state index in [0.717, 1.165) is 25.8 Å². The summed E-state index contributed by atoms with van der Waals surface area (Å²) in [6.45, 7) is 9.00. The van der Waals surface area contributed by atoms with E-state index in [-0.39, 0.29) is 0 Å². The zero-order valence-corrected chi connectivity index (χ0v) is 14.0. The Bertz CT molecular complexity index is 253. The highest BCUT2D eigenvalue weighted by Crippen LogP contribution is 2.28. The van der Waals surface area contributed by atoms with Crippen molar-refractivity contribution in [2.75, 3.05) is 19.8 Å². The summed E-state index contributed by atoms with van der Waals surface area (Å²) in [5.74, 6) is 0. The van der Waals surface area contributed by atoms with Gasteiger partial charge in [-0.05, 0) is 39.3 Å². The van der Waals surface area contributed by atoms with Crippen molar-refractivity contribution in [2.45, 2.75) is 65.3 Å². The van der Waals surface area contributed by atoms with Crippen LogP contribution in [0.2, 0.25) is 6.04 Å². The fourth-order valence-corrected chi connectivity index (χ4v) is 6.00. The molecule has 0 aromatic rings. The molecule has 0 aromatic heterocycles. The van der Waals surface area contributed by atoms with Crippen LogP contribution in [0.3, 0.4) is 0 Å². The second-order valence-corrected chi connectivity index (χ2v) is 8.19. The standard InChI is InChI=1S/C15H31NO2Si/c1-4-7-8-9-10-11-13-16-14-12-15-19(16,17-5-2)18-6-3/h11,13H,4-10,12,14-15H2,1-3H3. The van der Waals surface area contributed by atoms with E-state index in [1.54, 1.807) is 0 Å². The first-order valence-electron chi connectivity index (χ1n) is 8.00. The summed E-state index contributed by atoms with van der Waals surface area (Å²) in [5.41, 5.74) is 0. The lowest BCUT2D eigenvalue weighted by Crippen LogP contribution is -2.52. The molecule has 4 heteroatoms. The molecule has 0 saturated carbocycles. The second-order valence-electron chi connectivity index (χ2n) is 5.11. The molecule has 3 nitrogen and oxygen atoms in total. The molecular weight excluding hydrogens is 254 g/mol. The third-order valence-corrected chi connectivity index (χ3v) is 7.29. The Morgan fingerprint density at radius 1 is 1.05 bits per heavy atom. The third-order valence-electron chi connectivity index (χ3n) is 3.58. The molecule has 0 aromatic carbocycles. The number of rotatable bonds is 10. The maximum absolute atomic E-state index is 6.03. The van der Waals surface area contributed by atoms with Crippen molar-refractivity contribution in [1.29, 1.82) is 0 Å². The van der Waals surface area contributed by atoms with Gasteiger partial charge in [0.05, 0.1) is 0 Å². The SMILES string of the molecule is CCCCCCC=CN1CCC[Si]1(OCC)OCC. The zero-order valence-electron chi connectivity index (χ0n) is 13.0. The average Bonchev–Trinajstić information content (AvgIpc) is 2.78. The van der Waals surface area contributed by atoms with Crippen LogP contribution in [0.1, 0.15) is 59.3 Å². The summed E-state index contributed by atoms with van der Waals surface area (Å²) in [5, 5.41) is 0. The summed E-state index contributed by atoms with van der Waals surface area (Å²) < 4.78 is 14.4. The zero-order chi connectivity index (χ0) is 14.0. The molecule has 19 heavy (non-hydrogen) atoms. The van der Waals surface area contributed by atoms with Crippen LogP contribution in [0, 0.1) is 0 Å². The van der Waals surface area contributed by atoms with Gasteiger partial charge >= 0.3 is 8.72 Å². The maximum atomic E-state index is 6.03. The lowest BCUT2D eigenvalue weighted by atomic mass is 10.1. The average molecular weight is 286 g/mol. The number of hydrogen-bond acceptors (Lipinski definition) is 3. The van der Waals surface area contributed by atoms with E-state index in [1.807, 2.05) is 0 Å². The molecular formula is C15H31NO2Si. The Morgan fingerprint density at radius 3 is 2.42 bits per heavy atom. The van der Waals surface area contributed by atoms with Gasteiger partial charge in [0.25, 0.3) is 0 Å². The van der Waals surface area contributed by atoms with E-state index in [4.69, 9.17) is 8.85 Å². The number of unbranched alkanes of at least 4 members (excludes halogenated alkanes) is 4.